The van der Waals surface area contributed by atoms with Crippen molar-refractivity contribution in [3.8, 4) is 11.1 Å². The van der Waals surface area contributed by atoms with Crippen molar-refractivity contribution >= 4 is 50.1 Å². The Morgan fingerprint density at radius 3 is 2.06 bits per heavy atom. The second-order valence-electron chi connectivity index (χ2n) is 7.88. The molecule has 6 nitrogen and oxygen atoms in total. The monoisotopic (exact) mass is 598 g/mol. The smallest absolute Gasteiger partial charge is 0.385 e. The van der Waals surface area contributed by atoms with Crippen LogP contribution in [0.2, 0.25) is 5.54 Å². The molecule has 0 saturated carbocycles. The van der Waals surface area contributed by atoms with Crippen molar-refractivity contribution in [2.24, 2.45) is 0 Å². The molecule has 34 heavy (non-hydrogen) atoms. The SMILES string of the molecule is C=C(C)C(=O)Nc1ccc(-c2ccccc2NCCC(C)[Si](OCC)(OCC)OCC)cc1.I. The highest BCUT2D eigenvalue weighted by atomic mass is 127. The van der Waals surface area contributed by atoms with Crippen molar-refractivity contribution < 1.29 is 18.1 Å². The summed E-state index contributed by atoms with van der Waals surface area (Å²) < 4.78 is 18.2. The number of carbonyl (C=O) groups is 1. The number of amides is 1. The van der Waals surface area contributed by atoms with Gasteiger partial charge in [0.1, 0.15) is 0 Å². The minimum atomic E-state index is -2.72. The van der Waals surface area contributed by atoms with Crippen LogP contribution in [0.1, 0.15) is 41.0 Å². The van der Waals surface area contributed by atoms with Gasteiger partial charge in [-0.2, -0.15) is 0 Å². The van der Waals surface area contributed by atoms with Crippen LogP contribution in [-0.4, -0.2) is 41.1 Å². The summed E-state index contributed by atoms with van der Waals surface area (Å²) in [4.78, 5) is 11.8. The molecular formula is C26H39IN2O4Si. The first-order valence-corrected chi connectivity index (χ1v) is 13.5. The highest BCUT2D eigenvalue weighted by molar-refractivity contribution is 14.0. The van der Waals surface area contributed by atoms with Crippen molar-refractivity contribution in [1.82, 2.24) is 0 Å². The third kappa shape index (κ3) is 8.49. The van der Waals surface area contributed by atoms with Crippen molar-refractivity contribution in [1.29, 1.82) is 0 Å². The Labute approximate surface area is 222 Å². The lowest BCUT2D eigenvalue weighted by atomic mass is 10.0. The maximum Gasteiger partial charge on any atom is 0.503 e. The zero-order valence-electron chi connectivity index (χ0n) is 21.0. The predicted octanol–water partition coefficient (Wildman–Crippen LogP) is 6.73. The Morgan fingerprint density at radius 2 is 1.53 bits per heavy atom. The number of halogens is 1. The summed E-state index contributed by atoms with van der Waals surface area (Å²) in [6, 6.07) is 16.0. The zero-order valence-corrected chi connectivity index (χ0v) is 24.3. The Morgan fingerprint density at radius 1 is 0.971 bits per heavy atom. The van der Waals surface area contributed by atoms with E-state index in [1.54, 1.807) is 6.92 Å². The highest BCUT2D eigenvalue weighted by Gasteiger charge is 2.46. The van der Waals surface area contributed by atoms with E-state index in [1.807, 2.05) is 57.2 Å². The summed E-state index contributed by atoms with van der Waals surface area (Å²) in [5.74, 6) is -0.176. The highest BCUT2D eigenvalue weighted by Crippen LogP contribution is 2.31. The number of benzene rings is 2. The molecule has 8 heteroatoms. The van der Waals surface area contributed by atoms with Gasteiger partial charge in [0.15, 0.2) is 0 Å². The molecule has 0 aliphatic carbocycles. The van der Waals surface area contributed by atoms with E-state index in [1.165, 1.54) is 0 Å². The molecule has 0 fully saturated rings. The van der Waals surface area contributed by atoms with Crippen LogP contribution in [0.5, 0.6) is 0 Å². The van der Waals surface area contributed by atoms with Gasteiger partial charge in [0.2, 0.25) is 0 Å². The average molecular weight is 599 g/mol. The fourth-order valence-corrected chi connectivity index (χ4v) is 6.42. The van der Waals surface area contributed by atoms with Crippen molar-refractivity contribution in [2.75, 3.05) is 37.0 Å². The summed E-state index contributed by atoms with van der Waals surface area (Å²) in [6.45, 7) is 16.0. The fraction of sp³-hybridized carbons (Fsp3) is 0.423. The number of nitrogens with one attached hydrogen (secondary N) is 2. The van der Waals surface area contributed by atoms with Gasteiger partial charge in [-0.3, -0.25) is 4.79 Å². The van der Waals surface area contributed by atoms with Gasteiger partial charge < -0.3 is 23.9 Å². The standard InChI is InChI=1S/C26H38N2O4Si.HI/c1-7-30-33(31-8-2,32-9-3)21(6)18-19-27-25-13-11-10-12-24(25)22-14-16-23(17-15-22)28-26(29)20(4)5;/h10-17,21,27H,4,7-9,18-19H2,1-3,5-6H3,(H,28,29);1H. The summed E-state index contributed by atoms with van der Waals surface area (Å²) in [6.07, 6.45) is 0.867. The van der Waals surface area contributed by atoms with E-state index in [9.17, 15) is 4.79 Å². The van der Waals surface area contributed by atoms with Gasteiger partial charge in [-0.25, -0.2) is 0 Å². The van der Waals surface area contributed by atoms with E-state index in [-0.39, 0.29) is 35.4 Å². The van der Waals surface area contributed by atoms with Gasteiger partial charge >= 0.3 is 8.80 Å². The first-order valence-electron chi connectivity index (χ1n) is 11.7. The van der Waals surface area contributed by atoms with Crippen LogP contribution in [0.15, 0.2) is 60.7 Å². The zero-order chi connectivity index (χ0) is 24.3. The molecule has 0 spiro atoms. The lowest BCUT2D eigenvalue weighted by Gasteiger charge is -2.33. The maximum atomic E-state index is 11.8. The van der Waals surface area contributed by atoms with E-state index in [0.29, 0.717) is 25.4 Å². The number of carbonyl (C=O) groups excluding carboxylic acids is 1. The van der Waals surface area contributed by atoms with Crippen molar-refractivity contribution in [3.63, 3.8) is 0 Å². The van der Waals surface area contributed by atoms with E-state index in [2.05, 4.69) is 36.3 Å². The average Bonchev–Trinajstić information content (AvgIpc) is 2.80. The molecule has 2 aromatic carbocycles. The van der Waals surface area contributed by atoms with E-state index in [0.717, 1.165) is 35.5 Å². The van der Waals surface area contributed by atoms with Crippen LogP contribution in [0.25, 0.3) is 11.1 Å². The molecule has 0 heterocycles. The van der Waals surface area contributed by atoms with Crippen LogP contribution in [0.3, 0.4) is 0 Å². The van der Waals surface area contributed by atoms with Gasteiger partial charge in [-0.05, 0) is 57.9 Å². The molecule has 188 valence electrons. The molecule has 2 rings (SSSR count). The number of anilines is 2. The van der Waals surface area contributed by atoms with Gasteiger partial charge in [0.05, 0.1) is 0 Å². The second kappa shape index (κ2) is 15.3. The molecule has 0 aliphatic heterocycles. The molecule has 0 saturated heterocycles. The van der Waals surface area contributed by atoms with Crippen LogP contribution >= 0.6 is 24.0 Å². The molecular weight excluding hydrogens is 559 g/mol. The van der Waals surface area contributed by atoms with Gasteiger partial charge in [0.25, 0.3) is 5.91 Å². The molecule has 0 aliphatic rings. The van der Waals surface area contributed by atoms with Crippen LogP contribution in [0.4, 0.5) is 11.4 Å². The van der Waals surface area contributed by atoms with Crippen LogP contribution in [-0.2, 0) is 18.1 Å². The summed E-state index contributed by atoms with van der Waals surface area (Å²) in [5, 5.41) is 6.42. The molecule has 2 N–H and O–H groups in total. The minimum absolute atomic E-state index is 0. The van der Waals surface area contributed by atoms with Crippen LogP contribution in [0, 0.1) is 0 Å². The quantitative estimate of drug-likeness (QED) is 0.144. The van der Waals surface area contributed by atoms with Gasteiger partial charge in [-0.15, -0.1) is 24.0 Å². The predicted molar refractivity (Wildman–Crippen MR) is 154 cm³/mol. The minimum Gasteiger partial charge on any atom is -0.385 e. The Hall–Kier alpha value is -1.72. The third-order valence-electron chi connectivity index (χ3n) is 5.30. The third-order valence-corrected chi connectivity index (χ3v) is 8.87. The number of hydrogen-bond donors (Lipinski definition) is 2. The fourth-order valence-electron chi connectivity index (χ4n) is 3.62. The molecule has 2 aromatic rings. The number of rotatable bonds is 14. The van der Waals surface area contributed by atoms with E-state index in [4.69, 9.17) is 13.3 Å². The van der Waals surface area contributed by atoms with Gasteiger partial charge in [-0.1, -0.05) is 43.8 Å². The molecule has 1 amide bonds. The molecule has 0 bridgehead atoms. The molecule has 1 atom stereocenters. The molecule has 0 aromatic heterocycles. The molecule has 1 unspecified atom stereocenters. The Bertz CT molecular complexity index is 891. The van der Waals surface area contributed by atoms with Crippen molar-refractivity contribution in [2.45, 2.75) is 46.6 Å². The Balaban J connectivity index is 0.00000578. The van der Waals surface area contributed by atoms with E-state index < -0.39 is 8.80 Å². The summed E-state index contributed by atoms with van der Waals surface area (Å²) >= 11 is 0. The lowest BCUT2D eigenvalue weighted by Crippen LogP contribution is -2.50. The molecule has 0 radical (unpaired) electrons. The van der Waals surface area contributed by atoms with Gasteiger partial charge in [0, 0.05) is 54.4 Å². The summed E-state index contributed by atoms with van der Waals surface area (Å²) in [7, 11) is -2.72. The van der Waals surface area contributed by atoms with Crippen LogP contribution < -0.4 is 10.6 Å². The van der Waals surface area contributed by atoms with E-state index >= 15 is 0 Å². The first kappa shape index (κ1) is 30.3. The number of para-hydroxylation sites is 1. The first-order chi connectivity index (χ1) is 15.9. The second-order valence-corrected chi connectivity index (χ2v) is 10.9. The maximum absolute atomic E-state index is 11.8. The van der Waals surface area contributed by atoms with Crippen molar-refractivity contribution in [3.05, 3.63) is 60.7 Å². The normalized spacial score (nSPS) is 11.9. The lowest BCUT2D eigenvalue weighted by molar-refractivity contribution is -0.112. The summed E-state index contributed by atoms with van der Waals surface area (Å²) in [5.41, 5.74) is 4.63. The Kier molecular flexibility index (Phi) is 13.6. The topological polar surface area (TPSA) is 68.8 Å². The largest absolute Gasteiger partial charge is 0.503 e. The number of hydrogen-bond acceptors (Lipinski definition) is 5.